The zero-order valence-corrected chi connectivity index (χ0v) is 14.8. The molecule has 1 amide bonds. The van der Waals surface area contributed by atoms with E-state index in [-0.39, 0.29) is 12.1 Å². The first-order valence-corrected chi connectivity index (χ1v) is 8.10. The Morgan fingerprint density at radius 3 is 2.65 bits per heavy atom. The molecule has 1 aliphatic heterocycles. The largest absolute Gasteiger partial charge is 0.444 e. The number of carbonyl (C=O) groups is 1. The average Bonchev–Trinajstić information content (AvgIpc) is 2.71. The standard InChI is InChI=1S/C18H28N2O3/c1-17(2,3)23-16(21)20-14(12-22-18(20,4)5)11-10-13-8-6-7-9-15(13)19/h6-9,14H,10-12,19H2,1-5H3/t14-/m1/s1. The first-order valence-electron chi connectivity index (χ1n) is 8.10. The summed E-state index contributed by atoms with van der Waals surface area (Å²) in [6.07, 6.45) is 1.26. The number of nitrogens with two attached hydrogens (primary N) is 1. The highest BCUT2D eigenvalue weighted by Crippen LogP contribution is 2.31. The number of nitrogen functional groups attached to an aromatic ring is 1. The molecule has 1 aromatic rings. The Kier molecular flexibility index (Phi) is 4.90. The lowest BCUT2D eigenvalue weighted by Gasteiger charge is -2.35. The van der Waals surface area contributed by atoms with Gasteiger partial charge < -0.3 is 15.2 Å². The Labute approximate surface area is 138 Å². The summed E-state index contributed by atoms with van der Waals surface area (Å²) in [5, 5.41) is 0. The summed E-state index contributed by atoms with van der Waals surface area (Å²) in [6, 6.07) is 7.81. The third-order valence-electron chi connectivity index (χ3n) is 3.97. The number of aryl methyl sites for hydroxylation is 1. The number of carbonyl (C=O) groups excluding carboxylic acids is 1. The van der Waals surface area contributed by atoms with Gasteiger partial charge in [-0.15, -0.1) is 0 Å². The fourth-order valence-corrected chi connectivity index (χ4v) is 2.86. The van der Waals surface area contributed by atoms with Crippen molar-refractivity contribution in [2.45, 2.75) is 64.8 Å². The lowest BCUT2D eigenvalue weighted by Crippen LogP contribution is -2.49. The third-order valence-corrected chi connectivity index (χ3v) is 3.97. The molecule has 0 unspecified atom stereocenters. The van der Waals surface area contributed by atoms with Crippen LogP contribution in [0.1, 0.15) is 46.6 Å². The van der Waals surface area contributed by atoms with Gasteiger partial charge in [-0.3, -0.25) is 4.90 Å². The van der Waals surface area contributed by atoms with Gasteiger partial charge in [0, 0.05) is 5.69 Å². The highest BCUT2D eigenvalue weighted by molar-refractivity contribution is 5.69. The SMILES string of the molecule is CC(C)(C)OC(=O)N1[C@H](CCc2ccccc2N)COC1(C)C. The highest BCUT2D eigenvalue weighted by atomic mass is 16.6. The predicted molar refractivity (Wildman–Crippen MR) is 91.1 cm³/mol. The van der Waals surface area contributed by atoms with Crippen molar-refractivity contribution in [2.75, 3.05) is 12.3 Å². The number of anilines is 1. The molecule has 5 nitrogen and oxygen atoms in total. The minimum Gasteiger partial charge on any atom is -0.444 e. The molecule has 1 saturated heterocycles. The van der Waals surface area contributed by atoms with Crippen LogP contribution in [0.15, 0.2) is 24.3 Å². The molecule has 0 aromatic heterocycles. The summed E-state index contributed by atoms with van der Waals surface area (Å²) in [5.74, 6) is 0. The van der Waals surface area contributed by atoms with E-state index in [0.29, 0.717) is 6.61 Å². The second-order valence-electron chi connectivity index (χ2n) is 7.50. The molecule has 0 radical (unpaired) electrons. The van der Waals surface area contributed by atoms with Crippen molar-refractivity contribution < 1.29 is 14.3 Å². The minimum atomic E-state index is -0.658. The first kappa shape index (κ1) is 17.6. The van der Waals surface area contributed by atoms with Crippen LogP contribution in [-0.4, -0.2) is 35.0 Å². The summed E-state index contributed by atoms with van der Waals surface area (Å²) in [7, 11) is 0. The van der Waals surface area contributed by atoms with Gasteiger partial charge in [0.15, 0.2) is 0 Å². The molecule has 1 aromatic carbocycles. The second-order valence-corrected chi connectivity index (χ2v) is 7.50. The highest BCUT2D eigenvalue weighted by Gasteiger charge is 2.45. The van der Waals surface area contributed by atoms with Gasteiger partial charge in [-0.2, -0.15) is 0 Å². The van der Waals surface area contributed by atoms with Gasteiger partial charge in [0.2, 0.25) is 0 Å². The molecule has 1 fully saturated rings. The zero-order valence-electron chi connectivity index (χ0n) is 14.8. The predicted octanol–water partition coefficient (Wildman–Crippen LogP) is 3.57. The lowest BCUT2D eigenvalue weighted by molar-refractivity contribution is -0.0626. The van der Waals surface area contributed by atoms with Crippen LogP contribution in [0.2, 0.25) is 0 Å². The number of para-hydroxylation sites is 1. The lowest BCUT2D eigenvalue weighted by atomic mass is 10.0. The Hall–Kier alpha value is -1.75. The molecule has 0 bridgehead atoms. The molecular formula is C18H28N2O3. The van der Waals surface area contributed by atoms with Gasteiger partial charge in [0.1, 0.15) is 11.3 Å². The van der Waals surface area contributed by atoms with Gasteiger partial charge >= 0.3 is 6.09 Å². The molecule has 5 heteroatoms. The van der Waals surface area contributed by atoms with E-state index in [9.17, 15) is 4.79 Å². The van der Waals surface area contributed by atoms with E-state index in [1.807, 2.05) is 58.9 Å². The molecule has 1 aliphatic rings. The molecule has 0 saturated carbocycles. The third kappa shape index (κ3) is 4.38. The van der Waals surface area contributed by atoms with Crippen LogP contribution in [-0.2, 0) is 15.9 Å². The van der Waals surface area contributed by atoms with E-state index in [4.69, 9.17) is 15.2 Å². The molecule has 0 aliphatic carbocycles. The Balaban J connectivity index is 2.08. The van der Waals surface area contributed by atoms with Crippen LogP contribution in [0.4, 0.5) is 10.5 Å². The number of hydrogen-bond donors (Lipinski definition) is 1. The van der Waals surface area contributed by atoms with Gasteiger partial charge in [-0.25, -0.2) is 4.79 Å². The smallest absolute Gasteiger partial charge is 0.412 e. The van der Waals surface area contributed by atoms with Crippen LogP contribution < -0.4 is 5.73 Å². The molecule has 2 N–H and O–H groups in total. The van der Waals surface area contributed by atoms with Crippen molar-refractivity contribution in [1.29, 1.82) is 0 Å². The Morgan fingerprint density at radius 1 is 1.39 bits per heavy atom. The maximum absolute atomic E-state index is 12.6. The summed E-state index contributed by atoms with van der Waals surface area (Å²) in [5.41, 5.74) is 6.70. The number of amides is 1. The van der Waals surface area contributed by atoms with Crippen molar-refractivity contribution >= 4 is 11.8 Å². The molecular weight excluding hydrogens is 292 g/mol. The van der Waals surface area contributed by atoms with E-state index in [1.54, 1.807) is 4.90 Å². The number of nitrogens with zero attached hydrogens (tertiary/aromatic N) is 1. The fraction of sp³-hybridized carbons (Fsp3) is 0.611. The normalized spacial score (nSPS) is 20.6. The summed E-state index contributed by atoms with van der Waals surface area (Å²) in [4.78, 5) is 14.3. The summed E-state index contributed by atoms with van der Waals surface area (Å²) in [6.45, 7) is 9.91. The van der Waals surface area contributed by atoms with Crippen LogP contribution >= 0.6 is 0 Å². The quantitative estimate of drug-likeness (QED) is 0.865. The number of rotatable bonds is 3. The van der Waals surface area contributed by atoms with Crippen molar-refractivity contribution in [2.24, 2.45) is 0 Å². The summed E-state index contributed by atoms with van der Waals surface area (Å²) >= 11 is 0. The average molecular weight is 320 g/mol. The zero-order chi connectivity index (χ0) is 17.3. The second kappa shape index (κ2) is 6.40. The van der Waals surface area contributed by atoms with E-state index in [1.165, 1.54) is 0 Å². The molecule has 2 rings (SSSR count). The fourth-order valence-electron chi connectivity index (χ4n) is 2.86. The van der Waals surface area contributed by atoms with Gasteiger partial charge in [-0.1, -0.05) is 18.2 Å². The van der Waals surface area contributed by atoms with Crippen LogP contribution in [0.25, 0.3) is 0 Å². The molecule has 0 spiro atoms. The number of benzene rings is 1. The van der Waals surface area contributed by atoms with E-state index in [2.05, 4.69) is 0 Å². The Bertz CT molecular complexity index is 564. The van der Waals surface area contributed by atoms with Gasteiger partial charge in [-0.05, 0) is 59.1 Å². The van der Waals surface area contributed by atoms with Crippen molar-refractivity contribution in [3.05, 3.63) is 29.8 Å². The molecule has 23 heavy (non-hydrogen) atoms. The van der Waals surface area contributed by atoms with Crippen LogP contribution in [0.5, 0.6) is 0 Å². The number of hydrogen-bond acceptors (Lipinski definition) is 4. The molecule has 1 heterocycles. The minimum absolute atomic E-state index is 0.0144. The van der Waals surface area contributed by atoms with Crippen molar-refractivity contribution in [1.82, 2.24) is 4.90 Å². The summed E-state index contributed by atoms with van der Waals surface area (Å²) < 4.78 is 11.4. The van der Waals surface area contributed by atoms with E-state index < -0.39 is 11.3 Å². The van der Waals surface area contributed by atoms with Crippen molar-refractivity contribution in [3.8, 4) is 0 Å². The maximum atomic E-state index is 12.6. The monoisotopic (exact) mass is 320 g/mol. The Morgan fingerprint density at radius 2 is 2.04 bits per heavy atom. The molecule has 1 atom stereocenters. The van der Waals surface area contributed by atoms with Crippen LogP contribution in [0, 0.1) is 0 Å². The van der Waals surface area contributed by atoms with Crippen molar-refractivity contribution in [3.63, 3.8) is 0 Å². The van der Waals surface area contributed by atoms with Gasteiger partial charge in [0.25, 0.3) is 0 Å². The van der Waals surface area contributed by atoms with E-state index >= 15 is 0 Å². The van der Waals surface area contributed by atoms with Crippen LogP contribution in [0.3, 0.4) is 0 Å². The van der Waals surface area contributed by atoms with E-state index in [0.717, 1.165) is 24.1 Å². The number of ether oxygens (including phenoxy) is 2. The molecule has 128 valence electrons. The topological polar surface area (TPSA) is 64.8 Å². The first-order chi connectivity index (χ1) is 10.6. The van der Waals surface area contributed by atoms with Gasteiger partial charge in [0.05, 0.1) is 12.6 Å². The maximum Gasteiger partial charge on any atom is 0.412 e.